The van der Waals surface area contributed by atoms with E-state index in [4.69, 9.17) is 11.6 Å². The second-order valence-corrected chi connectivity index (χ2v) is 9.00. The van der Waals surface area contributed by atoms with Crippen molar-refractivity contribution in [2.45, 2.75) is 6.92 Å². The van der Waals surface area contributed by atoms with Crippen LogP contribution in [-0.2, 0) is 9.59 Å². The number of pyridine rings is 1. The summed E-state index contributed by atoms with van der Waals surface area (Å²) < 4.78 is 0.871. The normalized spacial score (nSPS) is 10.9. The van der Waals surface area contributed by atoms with Crippen LogP contribution in [-0.4, -0.2) is 28.9 Å². The lowest BCUT2D eigenvalue weighted by molar-refractivity contribution is -0.136. The molecule has 0 radical (unpaired) electrons. The monoisotopic (exact) mass is 563 g/mol. The number of benzene rings is 3. The lowest BCUT2D eigenvalue weighted by Gasteiger charge is -2.11. The smallest absolute Gasteiger partial charge is 0.322 e. The fourth-order valence-electron chi connectivity index (χ4n) is 3.27. The molecule has 0 bridgehead atoms. The van der Waals surface area contributed by atoms with Gasteiger partial charge in [0, 0.05) is 21.1 Å². The summed E-state index contributed by atoms with van der Waals surface area (Å²) in [5.74, 6) is -2.45. The van der Waals surface area contributed by atoms with Crippen molar-refractivity contribution in [2.75, 3.05) is 10.6 Å². The highest BCUT2D eigenvalue weighted by atomic mass is 79.9. The minimum absolute atomic E-state index is 0.174. The number of carbonyl (C=O) groups is 3. The second kappa shape index (κ2) is 11.1. The van der Waals surface area contributed by atoms with Crippen LogP contribution in [0.4, 0.5) is 11.4 Å². The van der Waals surface area contributed by atoms with E-state index in [-0.39, 0.29) is 16.4 Å². The Balaban J connectivity index is 1.41. The summed E-state index contributed by atoms with van der Waals surface area (Å²) in [6, 6.07) is 20.9. The van der Waals surface area contributed by atoms with Crippen LogP contribution in [0, 0.1) is 6.92 Å². The van der Waals surface area contributed by atoms with Crippen LogP contribution in [0.5, 0.6) is 0 Å². The minimum atomic E-state index is -1.02. The molecule has 1 heterocycles. The molecule has 3 aromatic carbocycles. The number of anilines is 2. The summed E-state index contributed by atoms with van der Waals surface area (Å²) in [6.07, 6.45) is 1.30. The number of para-hydroxylation sites is 1. The van der Waals surface area contributed by atoms with E-state index in [9.17, 15) is 14.4 Å². The van der Waals surface area contributed by atoms with E-state index in [1.165, 1.54) is 18.3 Å². The van der Waals surface area contributed by atoms with Crippen LogP contribution in [0.25, 0.3) is 10.9 Å². The van der Waals surface area contributed by atoms with E-state index in [1.807, 2.05) is 25.1 Å². The molecule has 0 aliphatic heterocycles. The van der Waals surface area contributed by atoms with E-state index in [0.29, 0.717) is 11.3 Å². The second-order valence-electron chi connectivity index (χ2n) is 7.72. The lowest BCUT2D eigenvalue weighted by Crippen LogP contribution is -2.33. The Labute approximate surface area is 219 Å². The molecule has 0 aliphatic rings. The van der Waals surface area contributed by atoms with Crippen LogP contribution < -0.4 is 16.1 Å². The summed E-state index contributed by atoms with van der Waals surface area (Å²) in [4.78, 5) is 41.8. The molecule has 0 spiro atoms. The Morgan fingerprint density at radius 3 is 2.47 bits per heavy atom. The molecule has 10 heteroatoms. The summed E-state index contributed by atoms with van der Waals surface area (Å²) >= 11 is 9.56. The maximum atomic E-state index is 12.7. The largest absolute Gasteiger partial charge is 0.329 e. The lowest BCUT2D eigenvalue weighted by atomic mass is 10.1. The molecule has 0 atom stereocenters. The number of hydrogen-bond acceptors (Lipinski definition) is 5. The Bertz CT molecular complexity index is 1510. The van der Waals surface area contributed by atoms with Crippen molar-refractivity contribution < 1.29 is 14.4 Å². The molecule has 0 fully saturated rings. The van der Waals surface area contributed by atoms with E-state index in [2.05, 4.69) is 42.1 Å². The van der Waals surface area contributed by atoms with Gasteiger partial charge < -0.3 is 10.6 Å². The first-order valence-electron chi connectivity index (χ1n) is 10.7. The number of aromatic nitrogens is 1. The van der Waals surface area contributed by atoms with Gasteiger partial charge in [0.15, 0.2) is 0 Å². The third-order valence-electron chi connectivity index (χ3n) is 5.05. The Morgan fingerprint density at radius 1 is 0.944 bits per heavy atom. The van der Waals surface area contributed by atoms with Crippen LogP contribution in [0.3, 0.4) is 0 Å². The fraction of sp³-hybridized carbons (Fsp3) is 0.0385. The number of rotatable bonds is 5. The maximum Gasteiger partial charge on any atom is 0.329 e. The molecule has 3 N–H and O–H groups in total. The Kier molecular flexibility index (Phi) is 7.72. The van der Waals surface area contributed by atoms with E-state index < -0.39 is 17.7 Å². The van der Waals surface area contributed by atoms with Gasteiger partial charge in [0.25, 0.3) is 5.91 Å². The summed E-state index contributed by atoms with van der Waals surface area (Å²) in [5, 5.41) is 10.1. The first-order chi connectivity index (χ1) is 17.3. The third kappa shape index (κ3) is 6.12. The SMILES string of the molecule is Cc1ccc2cc(/C=N\NC(=O)C(=O)Nc3ccccc3C(=O)Nc3ccc(Br)cc3)c(Cl)nc2c1. The van der Waals surface area contributed by atoms with Crippen molar-refractivity contribution in [2.24, 2.45) is 5.10 Å². The first kappa shape index (κ1) is 25.0. The summed E-state index contributed by atoms with van der Waals surface area (Å²) in [6.45, 7) is 1.96. The van der Waals surface area contributed by atoms with Crippen molar-refractivity contribution in [1.82, 2.24) is 10.4 Å². The molecule has 0 unspecified atom stereocenters. The Hall–Kier alpha value is -4.08. The molecule has 0 saturated carbocycles. The molecule has 4 aromatic rings. The highest BCUT2D eigenvalue weighted by Crippen LogP contribution is 2.21. The van der Waals surface area contributed by atoms with E-state index in [1.54, 1.807) is 42.5 Å². The molecule has 180 valence electrons. The van der Waals surface area contributed by atoms with Crippen molar-refractivity contribution in [1.29, 1.82) is 0 Å². The molecule has 0 saturated heterocycles. The van der Waals surface area contributed by atoms with Gasteiger partial charge in [-0.1, -0.05) is 51.8 Å². The number of nitrogens with zero attached hydrogens (tertiary/aromatic N) is 2. The maximum absolute atomic E-state index is 12.7. The predicted molar refractivity (Wildman–Crippen MR) is 144 cm³/mol. The number of aryl methyl sites for hydroxylation is 1. The summed E-state index contributed by atoms with van der Waals surface area (Å²) in [7, 11) is 0. The number of halogens is 2. The van der Waals surface area contributed by atoms with Crippen LogP contribution in [0.2, 0.25) is 5.15 Å². The molecule has 36 heavy (non-hydrogen) atoms. The quantitative estimate of drug-likeness (QED) is 0.132. The van der Waals surface area contributed by atoms with Crippen molar-refractivity contribution in [3.05, 3.63) is 99.1 Å². The minimum Gasteiger partial charge on any atom is -0.322 e. The number of fused-ring (bicyclic) bond motifs is 1. The van der Waals surface area contributed by atoms with Gasteiger partial charge in [0.2, 0.25) is 0 Å². The Morgan fingerprint density at radius 2 is 1.69 bits per heavy atom. The number of amides is 3. The van der Waals surface area contributed by atoms with Gasteiger partial charge in [-0.3, -0.25) is 14.4 Å². The number of nitrogens with one attached hydrogen (secondary N) is 3. The van der Waals surface area contributed by atoms with Crippen LogP contribution in [0.15, 0.2) is 82.4 Å². The van der Waals surface area contributed by atoms with Gasteiger partial charge in [-0.05, 0) is 61.0 Å². The van der Waals surface area contributed by atoms with Crippen molar-refractivity contribution in [3.63, 3.8) is 0 Å². The zero-order valence-corrected chi connectivity index (χ0v) is 21.2. The average molecular weight is 565 g/mol. The third-order valence-corrected chi connectivity index (χ3v) is 5.88. The zero-order chi connectivity index (χ0) is 25.7. The van der Waals surface area contributed by atoms with E-state index in [0.717, 1.165) is 20.9 Å². The number of hydrogen-bond donors (Lipinski definition) is 3. The van der Waals surface area contributed by atoms with Gasteiger partial charge >= 0.3 is 11.8 Å². The molecule has 1 aromatic heterocycles. The van der Waals surface area contributed by atoms with Gasteiger partial charge in [-0.15, -0.1) is 0 Å². The number of hydrazone groups is 1. The molecule has 0 aliphatic carbocycles. The van der Waals surface area contributed by atoms with Gasteiger partial charge in [-0.25, -0.2) is 10.4 Å². The average Bonchev–Trinajstić information content (AvgIpc) is 2.86. The van der Waals surface area contributed by atoms with E-state index >= 15 is 0 Å². The fourth-order valence-corrected chi connectivity index (χ4v) is 3.73. The number of carbonyl (C=O) groups excluding carboxylic acids is 3. The molecule has 8 nitrogen and oxygen atoms in total. The predicted octanol–water partition coefficient (Wildman–Crippen LogP) is 5.30. The van der Waals surface area contributed by atoms with Crippen molar-refractivity contribution in [3.8, 4) is 0 Å². The van der Waals surface area contributed by atoms with Gasteiger partial charge in [-0.2, -0.15) is 5.10 Å². The van der Waals surface area contributed by atoms with Crippen LogP contribution in [0.1, 0.15) is 21.5 Å². The topological polar surface area (TPSA) is 113 Å². The molecular weight excluding hydrogens is 546 g/mol. The zero-order valence-electron chi connectivity index (χ0n) is 18.9. The highest BCUT2D eigenvalue weighted by Gasteiger charge is 2.18. The summed E-state index contributed by atoms with van der Waals surface area (Å²) in [5.41, 5.74) is 5.37. The molecule has 3 amide bonds. The highest BCUT2D eigenvalue weighted by molar-refractivity contribution is 9.10. The van der Waals surface area contributed by atoms with Crippen LogP contribution >= 0.6 is 27.5 Å². The first-order valence-corrected chi connectivity index (χ1v) is 11.8. The standard InChI is InChI=1S/C26H19BrClN5O3/c1-15-6-7-16-13-17(23(28)31-22(16)12-15)14-29-33-26(36)25(35)32-21-5-3-2-4-20(21)24(34)30-19-10-8-18(27)9-11-19/h2-14H,1H3,(H,30,34)(H,32,35)(H,33,36)/b29-14-. The van der Waals surface area contributed by atoms with Crippen molar-refractivity contribution >= 4 is 73.7 Å². The molecular formula is C26H19BrClN5O3. The molecule has 4 rings (SSSR count). The van der Waals surface area contributed by atoms with Gasteiger partial charge in [0.1, 0.15) is 5.15 Å². The van der Waals surface area contributed by atoms with Gasteiger partial charge in [0.05, 0.1) is 23.0 Å².